The molecule has 0 radical (unpaired) electrons. The summed E-state index contributed by atoms with van der Waals surface area (Å²) in [5.41, 5.74) is 1.65. The van der Waals surface area contributed by atoms with E-state index in [0.717, 1.165) is 18.7 Å². The first-order valence-corrected chi connectivity index (χ1v) is 8.29. The maximum Gasteiger partial charge on any atom is 0.254 e. The lowest BCUT2D eigenvalue weighted by Gasteiger charge is -2.33. The molecule has 6 heteroatoms. The summed E-state index contributed by atoms with van der Waals surface area (Å²) in [6, 6.07) is 9.45. The van der Waals surface area contributed by atoms with Crippen LogP contribution in [0.25, 0.3) is 5.69 Å². The van der Waals surface area contributed by atoms with Crippen molar-refractivity contribution in [1.29, 1.82) is 0 Å². The Hall–Kier alpha value is -2.18. The lowest BCUT2D eigenvalue weighted by Crippen LogP contribution is -2.46. The summed E-state index contributed by atoms with van der Waals surface area (Å²) in [5, 5.41) is 4.20. The van der Waals surface area contributed by atoms with Crippen LogP contribution in [0.2, 0.25) is 0 Å². The summed E-state index contributed by atoms with van der Waals surface area (Å²) >= 11 is 0. The normalized spacial score (nSPS) is 18.1. The number of hydrogen-bond acceptors (Lipinski definition) is 4. The SMILES string of the molecule is CN(C)CC[C@H]1CN(C(=O)c2ccc(-n3cccn3)cc2)CCO1. The smallest absolute Gasteiger partial charge is 0.254 e. The molecule has 1 saturated heterocycles. The topological polar surface area (TPSA) is 50.6 Å². The van der Waals surface area contributed by atoms with Crippen molar-refractivity contribution >= 4 is 5.91 Å². The lowest BCUT2D eigenvalue weighted by atomic mass is 10.1. The van der Waals surface area contributed by atoms with Gasteiger partial charge < -0.3 is 14.5 Å². The Bertz CT molecular complexity index is 652. The van der Waals surface area contributed by atoms with Gasteiger partial charge in [0.1, 0.15) is 0 Å². The fraction of sp³-hybridized carbons (Fsp3) is 0.444. The van der Waals surface area contributed by atoms with Crippen molar-refractivity contribution in [1.82, 2.24) is 19.6 Å². The van der Waals surface area contributed by atoms with Crippen molar-refractivity contribution in [2.24, 2.45) is 0 Å². The molecule has 1 aliphatic heterocycles. The van der Waals surface area contributed by atoms with E-state index >= 15 is 0 Å². The average Bonchev–Trinajstić information content (AvgIpc) is 3.14. The highest BCUT2D eigenvalue weighted by Gasteiger charge is 2.25. The van der Waals surface area contributed by atoms with Gasteiger partial charge >= 0.3 is 0 Å². The van der Waals surface area contributed by atoms with Gasteiger partial charge in [0, 0.05) is 37.6 Å². The lowest BCUT2D eigenvalue weighted by molar-refractivity contribution is -0.0269. The molecule has 0 saturated carbocycles. The molecule has 1 aromatic carbocycles. The van der Waals surface area contributed by atoms with Crippen molar-refractivity contribution in [2.45, 2.75) is 12.5 Å². The third-order valence-corrected chi connectivity index (χ3v) is 4.21. The van der Waals surface area contributed by atoms with Gasteiger partial charge in [-0.1, -0.05) is 0 Å². The first-order chi connectivity index (χ1) is 11.6. The molecule has 128 valence electrons. The van der Waals surface area contributed by atoms with E-state index in [1.165, 1.54) is 0 Å². The molecule has 0 bridgehead atoms. The Morgan fingerprint density at radius 2 is 2.12 bits per heavy atom. The van der Waals surface area contributed by atoms with Crippen LogP contribution in [-0.4, -0.2) is 71.9 Å². The van der Waals surface area contributed by atoms with Crippen LogP contribution in [-0.2, 0) is 4.74 Å². The monoisotopic (exact) mass is 328 g/mol. The summed E-state index contributed by atoms with van der Waals surface area (Å²) in [7, 11) is 4.10. The molecule has 0 aliphatic carbocycles. The quantitative estimate of drug-likeness (QED) is 0.838. The molecule has 24 heavy (non-hydrogen) atoms. The number of ether oxygens (including phenoxy) is 1. The number of aromatic nitrogens is 2. The third-order valence-electron chi connectivity index (χ3n) is 4.21. The van der Waals surface area contributed by atoms with Gasteiger partial charge in [-0.25, -0.2) is 4.68 Å². The number of nitrogens with zero attached hydrogens (tertiary/aromatic N) is 4. The predicted octanol–water partition coefficient (Wildman–Crippen LogP) is 1.66. The number of rotatable bonds is 5. The fourth-order valence-electron chi connectivity index (χ4n) is 2.84. The van der Waals surface area contributed by atoms with Crippen LogP contribution in [0.4, 0.5) is 0 Å². The maximum absolute atomic E-state index is 12.7. The Morgan fingerprint density at radius 1 is 1.33 bits per heavy atom. The number of hydrogen-bond donors (Lipinski definition) is 0. The summed E-state index contributed by atoms with van der Waals surface area (Å²) < 4.78 is 7.56. The van der Waals surface area contributed by atoms with Gasteiger partial charge in [0.2, 0.25) is 0 Å². The second-order valence-corrected chi connectivity index (χ2v) is 6.33. The molecule has 0 N–H and O–H groups in total. The molecule has 2 aromatic rings. The van der Waals surface area contributed by atoms with Crippen LogP contribution >= 0.6 is 0 Å². The van der Waals surface area contributed by atoms with Gasteiger partial charge in [-0.15, -0.1) is 0 Å². The largest absolute Gasteiger partial charge is 0.374 e. The van der Waals surface area contributed by atoms with E-state index in [1.807, 2.05) is 55.5 Å². The molecule has 6 nitrogen and oxygen atoms in total. The second kappa shape index (κ2) is 7.59. The minimum Gasteiger partial charge on any atom is -0.374 e. The van der Waals surface area contributed by atoms with Crippen molar-refractivity contribution in [3.05, 3.63) is 48.3 Å². The van der Waals surface area contributed by atoms with E-state index < -0.39 is 0 Å². The summed E-state index contributed by atoms with van der Waals surface area (Å²) in [6.45, 7) is 2.88. The van der Waals surface area contributed by atoms with E-state index in [4.69, 9.17) is 4.74 Å². The average molecular weight is 328 g/mol. The molecule has 0 unspecified atom stereocenters. The minimum absolute atomic E-state index is 0.0696. The first-order valence-electron chi connectivity index (χ1n) is 8.29. The van der Waals surface area contributed by atoms with E-state index in [0.29, 0.717) is 25.3 Å². The molecule has 0 spiro atoms. The molecular weight excluding hydrogens is 304 g/mol. The van der Waals surface area contributed by atoms with Gasteiger partial charge in [0.25, 0.3) is 5.91 Å². The molecule has 3 rings (SSSR count). The standard InChI is InChI=1S/C18H24N4O2/c1-20(2)11-8-17-14-21(12-13-24-17)18(23)15-4-6-16(7-5-15)22-10-3-9-19-22/h3-7,9-10,17H,8,11-14H2,1-2H3/t17-/m0/s1. The van der Waals surface area contributed by atoms with Crippen molar-refractivity contribution in [3.63, 3.8) is 0 Å². The summed E-state index contributed by atoms with van der Waals surface area (Å²) in [4.78, 5) is 16.8. The zero-order valence-electron chi connectivity index (χ0n) is 14.3. The number of carbonyl (C=O) groups is 1. The first kappa shape index (κ1) is 16.7. The van der Waals surface area contributed by atoms with Crippen LogP contribution in [0.3, 0.4) is 0 Å². The number of amides is 1. The van der Waals surface area contributed by atoms with Crippen LogP contribution in [0, 0.1) is 0 Å². The van der Waals surface area contributed by atoms with Gasteiger partial charge in [-0.05, 0) is 50.8 Å². The Balaban J connectivity index is 1.63. The third kappa shape index (κ3) is 4.01. The summed E-state index contributed by atoms with van der Waals surface area (Å²) in [6.07, 6.45) is 4.68. The Morgan fingerprint density at radius 3 is 2.79 bits per heavy atom. The fourth-order valence-corrected chi connectivity index (χ4v) is 2.84. The Kier molecular flexibility index (Phi) is 5.27. The van der Waals surface area contributed by atoms with E-state index in [1.54, 1.807) is 10.9 Å². The van der Waals surface area contributed by atoms with E-state index in [2.05, 4.69) is 10.00 Å². The van der Waals surface area contributed by atoms with Crippen LogP contribution in [0.1, 0.15) is 16.8 Å². The molecule has 2 heterocycles. The van der Waals surface area contributed by atoms with E-state index in [9.17, 15) is 4.79 Å². The minimum atomic E-state index is 0.0696. The molecule has 1 fully saturated rings. The maximum atomic E-state index is 12.7. The zero-order chi connectivity index (χ0) is 16.9. The highest BCUT2D eigenvalue weighted by molar-refractivity contribution is 5.94. The van der Waals surface area contributed by atoms with E-state index in [-0.39, 0.29) is 12.0 Å². The van der Waals surface area contributed by atoms with Gasteiger partial charge in [0.15, 0.2) is 0 Å². The van der Waals surface area contributed by atoms with Crippen molar-refractivity contribution in [3.8, 4) is 5.69 Å². The summed E-state index contributed by atoms with van der Waals surface area (Å²) in [5.74, 6) is 0.0696. The van der Waals surface area contributed by atoms with Gasteiger partial charge in [0.05, 0.1) is 18.4 Å². The predicted molar refractivity (Wildman–Crippen MR) is 92.4 cm³/mol. The van der Waals surface area contributed by atoms with Crippen LogP contribution < -0.4 is 0 Å². The van der Waals surface area contributed by atoms with Gasteiger partial charge in [-0.2, -0.15) is 5.10 Å². The number of carbonyl (C=O) groups excluding carboxylic acids is 1. The van der Waals surface area contributed by atoms with Crippen molar-refractivity contribution < 1.29 is 9.53 Å². The van der Waals surface area contributed by atoms with Crippen LogP contribution in [0.5, 0.6) is 0 Å². The highest BCUT2D eigenvalue weighted by atomic mass is 16.5. The number of benzene rings is 1. The van der Waals surface area contributed by atoms with Crippen molar-refractivity contribution in [2.75, 3.05) is 40.3 Å². The van der Waals surface area contributed by atoms with Crippen LogP contribution in [0.15, 0.2) is 42.7 Å². The number of morpholine rings is 1. The molecule has 1 atom stereocenters. The van der Waals surface area contributed by atoms with Gasteiger partial charge in [-0.3, -0.25) is 4.79 Å². The molecule has 1 aliphatic rings. The zero-order valence-corrected chi connectivity index (χ0v) is 14.3. The second-order valence-electron chi connectivity index (χ2n) is 6.33. The molecule has 1 amide bonds. The molecule has 1 aromatic heterocycles. The Labute approximate surface area is 142 Å². The molecular formula is C18H24N4O2. The highest BCUT2D eigenvalue weighted by Crippen LogP contribution is 2.15.